The molecule has 0 aliphatic rings. The van der Waals surface area contributed by atoms with Gasteiger partial charge >= 0.3 is 0 Å². The number of fused-ring (bicyclic) bond motifs is 3. The van der Waals surface area contributed by atoms with Gasteiger partial charge in [0, 0.05) is 18.5 Å². The Morgan fingerprint density at radius 1 is 1.00 bits per heavy atom. The zero-order chi connectivity index (χ0) is 13.7. The summed E-state index contributed by atoms with van der Waals surface area (Å²) in [6, 6.07) is 8.20. The molecular weight excluding hydrogens is 242 g/mol. The summed E-state index contributed by atoms with van der Waals surface area (Å²) in [5.41, 5.74) is 1.23. The Morgan fingerprint density at radius 3 is 2.47 bits per heavy atom. The molecule has 1 heterocycles. The first-order valence-corrected chi connectivity index (χ1v) is 5.94. The molecule has 0 bridgehead atoms. The van der Waals surface area contributed by atoms with E-state index in [1.165, 1.54) is 10.6 Å². The Kier molecular flexibility index (Phi) is 2.29. The molecule has 4 heteroatoms. The third-order valence-corrected chi connectivity index (χ3v) is 3.50. The number of nitrogens with zero attached hydrogens (tertiary/aromatic N) is 1. The Morgan fingerprint density at radius 2 is 1.74 bits per heavy atom. The van der Waals surface area contributed by atoms with Gasteiger partial charge < -0.3 is 14.8 Å². The number of benzene rings is 2. The second-order valence-electron chi connectivity index (χ2n) is 4.75. The second kappa shape index (κ2) is 3.75. The molecule has 0 fully saturated rings. The molecule has 3 rings (SSSR count). The van der Waals surface area contributed by atoms with Crippen LogP contribution >= 0.6 is 0 Å². The molecule has 4 nitrogen and oxygen atoms in total. The highest BCUT2D eigenvalue weighted by atomic mass is 16.3. The number of aryl methyl sites for hydroxylation is 2. The molecule has 1 aromatic heterocycles. The first-order chi connectivity index (χ1) is 8.99. The molecule has 3 aromatic rings. The summed E-state index contributed by atoms with van der Waals surface area (Å²) in [5, 5.41) is 21.5. The maximum atomic E-state index is 12.3. The predicted octanol–water partition coefficient (Wildman–Crippen LogP) is 2.41. The largest absolute Gasteiger partial charge is 0.508 e. The topological polar surface area (TPSA) is 62.5 Å². The third-order valence-electron chi connectivity index (χ3n) is 3.50. The number of phenols is 2. The van der Waals surface area contributed by atoms with Gasteiger partial charge in [0.05, 0.1) is 10.9 Å². The van der Waals surface area contributed by atoms with Crippen LogP contribution in [0.1, 0.15) is 5.56 Å². The number of aromatic hydroxyl groups is 2. The summed E-state index contributed by atoms with van der Waals surface area (Å²) < 4.78 is 1.48. The molecule has 0 saturated carbocycles. The predicted molar refractivity (Wildman–Crippen MR) is 74.8 cm³/mol. The van der Waals surface area contributed by atoms with E-state index in [2.05, 4.69) is 0 Å². The van der Waals surface area contributed by atoms with Gasteiger partial charge in [0.1, 0.15) is 11.5 Å². The summed E-state index contributed by atoms with van der Waals surface area (Å²) >= 11 is 0. The SMILES string of the molecule is Cc1cc2c3ccc(O)cc3c(=O)n(C)c2cc1O. The zero-order valence-corrected chi connectivity index (χ0v) is 10.6. The van der Waals surface area contributed by atoms with Crippen molar-refractivity contribution in [2.75, 3.05) is 0 Å². The highest BCUT2D eigenvalue weighted by Gasteiger charge is 2.11. The van der Waals surface area contributed by atoms with E-state index in [-0.39, 0.29) is 17.1 Å². The van der Waals surface area contributed by atoms with Crippen LogP contribution < -0.4 is 5.56 Å². The second-order valence-corrected chi connectivity index (χ2v) is 4.75. The average molecular weight is 255 g/mol. The van der Waals surface area contributed by atoms with Crippen molar-refractivity contribution < 1.29 is 10.2 Å². The lowest BCUT2D eigenvalue weighted by Gasteiger charge is -2.11. The highest BCUT2D eigenvalue weighted by molar-refractivity contribution is 6.06. The van der Waals surface area contributed by atoms with Gasteiger partial charge in [-0.1, -0.05) is 0 Å². The fourth-order valence-corrected chi connectivity index (χ4v) is 2.41. The Labute approximate surface area is 109 Å². The lowest BCUT2D eigenvalue weighted by Crippen LogP contribution is -2.17. The van der Waals surface area contributed by atoms with Gasteiger partial charge in [-0.25, -0.2) is 0 Å². The van der Waals surface area contributed by atoms with E-state index in [1.54, 1.807) is 25.2 Å². The molecule has 0 amide bonds. The van der Waals surface area contributed by atoms with Crippen molar-refractivity contribution in [3.63, 3.8) is 0 Å². The monoisotopic (exact) mass is 255 g/mol. The van der Waals surface area contributed by atoms with E-state index in [0.29, 0.717) is 10.9 Å². The summed E-state index contributed by atoms with van der Waals surface area (Å²) in [6.45, 7) is 1.81. The van der Waals surface area contributed by atoms with Crippen molar-refractivity contribution in [2.45, 2.75) is 6.92 Å². The molecule has 0 aliphatic heterocycles. The smallest absolute Gasteiger partial charge is 0.258 e. The molecule has 19 heavy (non-hydrogen) atoms. The van der Waals surface area contributed by atoms with E-state index in [0.717, 1.165) is 16.3 Å². The molecule has 0 radical (unpaired) electrons. The van der Waals surface area contributed by atoms with Gasteiger partial charge in [-0.3, -0.25) is 4.79 Å². The third kappa shape index (κ3) is 1.57. The Bertz CT molecular complexity index is 878. The van der Waals surface area contributed by atoms with Gasteiger partial charge in [-0.15, -0.1) is 0 Å². The number of hydrogen-bond donors (Lipinski definition) is 2. The molecule has 0 aliphatic carbocycles. The first-order valence-electron chi connectivity index (χ1n) is 5.94. The van der Waals surface area contributed by atoms with E-state index in [9.17, 15) is 15.0 Å². The van der Waals surface area contributed by atoms with E-state index < -0.39 is 0 Å². The zero-order valence-electron chi connectivity index (χ0n) is 10.6. The van der Waals surface area contributed by atoms with Crippen molar-refractivity contribution in [1.29, 1.82) is 0 Å². The molecule has 0 atom stereocenters. The van der Waals surface area contributed by atoms with Crippen LogP contribution in [0.4, 0.5) is 0 Å². The number of rotatable bonds is 0. The van der Waals surface area contributed by atoms with Crippen LogP contribution in [0.2, 0.25) is 0 Å². The van der Waals surface area contributed by atoms with Crippen LogP contribution in [-0.4, -0.2) is 14.8 Å². The fraction of sp³-hybridized carbons (Fsp3) is 0.133. The van der Waals surface area contributed by atoms with Crippen LogP contribution in [0.15, 0.2) is 35.1 Å². The minimum absolute atomic E-state index is 0.0689. The van der Waals surface area contributed by atoms with Gasteiger partial charge in [-0.05, 0) is 42.1 Å². The Hall–Kier alpha value is -2.49. The maximum Gasteiger partial charge on any atom is 0.258 e. The van der Waals surface area contributed by atoms with Gasteiger partial charge in [0.25, 0.3) is 5.56 Å². The summed E-state index contributed by atoms with van der Waals surface area (Å²) in [6.07, 6.45) is 0. The molecule has 0 spiro atoms. The van der Waals surface area contributed by atoms with Crippen molar-refractivity contribution >= 4 is 21.7 Å². The van der Waals surface area contributed by atoms with E-state index >= 15 is 0 Å². The van der Waals surface area contributed by atoms with Gasteiger partial charge in [0.2, 0.25) is 0 Å². The quantitative estimate of drug-likeness (QED) is 0.606. The highest BCUT2D eigenvalue weighted by Crippen LogP contribution is 2.29. The van der Waals surface area contributed by atoms with Crippen molar-refractivity contribution in [3.05, 3.63) is 46.2 Å². The summed E-state index contributed by atoms with van der Waals surface area (Å²) in [5.74, 6) is 0.236. The van der Waals surface area contributed by atoms with Gasteiger partial charge in [-0.2, -0.15) is 0 Å². The molecule has 2 aromatic carbocycles. The summed E-state index contributed by atoms with van der Waals surface area (Å²) in [7, 11) is 1.66. The average Bonchev–Trinajstić information content (AvgIpc) is 2.38. The molecule has 96 valence electrons. The normalized spacial score (nSPS) is 11.3. The standard InChI is InChI=1S/C15H13NO3/c1-8-5-11-10-4-3-9(17)6-12(10)15(19)16(2)13(11)7-14(8)18/h3-7,17-18H,1-2H3. The van der Waals surface area contributed by atoms with Crippen molar-refractivity contribution in [2.24, 2.45) is 7.05 Å². The molecule has 2 N–H and O–H groups in total. The fourth-order valence-electron chi connectivity index (χ4n) is 2.41. The van der Waals surface area contributed by atoms with Crippen molar-refractivity contribution in [1.82, 2.24) is 4.57 Å². The van der Waals surface area contributed by atoms with Crippen LogP contribution in [0, 0.1) is 6.92 Å². The van der Waals surface area contributed by atoms with Crippen LogP contribution in [0.3, 0.4) is 0 Å². The molecule has 0 saturated heterocycles. The number of aromatic nitrogens is 1. The van der Waals surface area contributed by atoms with Gasteiger partial charge in [0.15, 0.2) is 0 Å². The lowest BCUT2D eigenvalue weighted by atomic mass is 10.0. The minimum Gasteiger partial charge on any atom is -0.508 e. The molecular formula is C15H13NO3. The van der Waals surface area contributed by atoms with Crippen LogP contribution in [0.5, 0.6) is 11.5 Å². The minimum atomic E-state index is -0.193. The Balaban J connectivity index is 2.67. The molecule has 0 unspecified atom stereocenters. The van der Waals surface area contributed by atoms with Crippen molar-refractivity contribution in [3.8, 4) is 11.5 Å². The summed E-state index contributed by atoms with van der Waals surface area (Å²) in [4.78, 5) is 12.3. The first kappa shape index (κ1) is 11.6. The van der Waals surface area contributed by atoms with E-state index in [4.69, 9.17) is 0 Å². The van der Waals surface area contributed by atoms with Crippen LogP contribution in [-0.2, 0) is 7.05 Å². The number of pyridine rings is 1. The van der Waals surface area contributed by atoms with E-state index in [1.807, 2.05) is 13.0 Å². The number of phenolic OH excluding ortho intramolecular Hbond substituents is 2. The number of hydrogen-bond acceptors (Lipinski definition) is 3. The van der Waals surface area contributed by atoms with Crippen LogP contribution in [0.25, 0.3) is 21.7 Å². The lowest BCUT2D eigenvalue weighted by molar-refractivity contribution is 0.471. The maximum absolute atomic E-state index is 12.3.